The number of nitrogens with one attached hydrogen (secondary N) is 2. The van der Waals surface area contributed by atoms with Gasteiger partial charge in [-0.1, -0.05) is 13.8 Å². The van der Waals surface area contributed by atoms with Gasteiger partial charge >= 0.3 is 0 Å². The molecule has 2 N–H and O–H groups in total. The first-order valence-electron chi connectivity index (χ1n) is 11.2. The summed E-state index contributed by atoms with van der Waals surface area (Å²) >= 11 is 1.28. The second-order valence-corrected chi connectivity index (χ2v) is 11.8. The summed E-state index contributed by atoms with van der Waals surface area (Å²) in [6.45, 7) is 3.90. The number of aromatic nitrogens is 1. The third kappa shape index (κ3) is 6.43. The summed E-state index contributed by atoms with van der Waals surface area (Å²) < 4.78 is 39.2. The fourth-order valence-corrected chi connectivity index (χ4v) is 6.29. The van der Waals surface area contributed by atoms with Crippen LogP contribution in [0.1, 0.15) is 58.6 Å². The fourth-order valence-electron chi connectivity index (χ4n) is 3.78. The monoisotopic (exact) mass is 525 g/mol. The maximum atomic E-state index is 13.1. The molecule has 2 heterocycles. The van der Waals surface area contributed by atoms with Gasteiger partial charge in [0.1, 0.15) is 20.5 Å². The summed E-state index contributed by atoms with van der Waals surface area (Å²) in [5, 5.41) is 8.10. The van der Waals surface area contributed by atoms with Gasteiger partial charge in [-0.25, -0.2) is 13.4 Å². The van der Waals surface area contributed by atoms with Gasteiger partial charge in [-0.3, -0.25) is 9.59 Å². The maximum Gasteiger partial charge on any atom is 0.270 e. The van der Waals surface area contributed by atoms with E-state index in [4.69, 9.17) is 14.2 Å². The molecule has 0 bridgehead atoms. The molecule has 0 radical (unpaired) electrons. The molecule has 1 unspecified atom stereocenters. The van der Waals surface area contributed by atoms with Crippen LogP contribution in [0.2, 0.25) is 0 Å². The molecular formula is C23H31N3O7S2. The zero-order valence-electron chi connectivity index (χ0n) is 20.4. The molecule has 0 saturated carbocycles. The van der Waals surface area contributed by atoms with Gasteiger partial charge in [0, 0.05) is 17.0 Å². The smallest absolute Gasteiger partial charge is 0.270 e. The normalized spacial score (nSPS) is 16.4. The quantitative estimate of drug-likeness (QED) is 0.511. The number of ether oxygens (including phenoxy) is 3. The highest BCUT2D eigenvalue weighted by Crippen LogP contribution is 2.38. The summed E-state index contributed by atoms with van der Waals surface area (Å²) in [6.07, 6.45) is 0.787. The largest absolute Gasteiger partial charge is 0.493 e. The van der Waals surface area contributed by atoms with Crippen LogP contribution in [0.5, 0.6) is 17.2 Å². The average molecular weight is 526 g/mol. The van der Waals surface area contributed by atoms with E-state index in [-0.39, 0.29) is 41.0 Å². The number of benzene rings is 1. The number of amides is 2. The molecule has 192 valence electrons. The van der Waals surface area contributed by atoms with Crippen LogP contribution < -0.4 is 24.8 Å². The van der Waals surface area contributed by atoms with Crippen molar-refractivity contribution in [2.24, 2.45) is 5.92 Å². The van der Waals surface area contributed by atoms with Gasteiger partial charge in [0.15, 0.2) is 11.5 Å². The lowest BCUT2D eigenvalue weighted by Gasteiger charge is -2.22. The zero-order valence-corrected chi connectivity index (χ0v) is 22.0. The second-order valence-electron chi connectivity index (χ2n) is 8.58. The van der Waals surface area contributed by atoms with Crippen molar-refractivity contribution >= 4 is 33.0 Å². The van der Waals surface area contributed by atoms with E-state index in [0.29, 0.717) is 40.7 Å². The van der Waals surface area contributed by atoms with Gasteiger partial charge in [0.25, 0.3) is 11.8 Å². The van der Waals surface area contributed by atoms with E-state index in [9.17, 15) is 18.0 Å². The van der Waals surface area contributed by atoms with Crippen LogP contribution in [-0.4, -0.2) is 64.1 Å². The summed E-state index contributed by atoms with van der Waals surface area (Å²) in [6, 6.07) is 2.50. The highest BCUT2D eigenvalue weighted by molar-refractivity contribution is 7.91. The van der Waals surface area contributed by atoms with Crippen LogP contribution in [0.3, 0.4) is 0 Å². The van der Waals surface area contributed by atoms with Crippen molar-refractivity contribution in [1.82, 2.24) is 15.6 Å². The molecule has 10 nitrogen and oxygen atoms in total. The van der Waals surface area contributed by atoms with Crippen LogP contribution in [0.4, 0.5) is 0 Å². The predicted octanol–water partition coefficient (Wildman–Crippen LogP) is 2.60. The summed E-state index contributed by atoms with van der Waals surface area (Å²) in [7, 11) is 1.43. The van der Waals surface area contributed by atoms with Crippen LogP contribution in [0, 0.1) is 5.92 Å². The van der Waals surface area contributed by atoms with Gasteiger partial charge in [-0.2, -0.15) is 0 Å². The van der Waals surface area contributed by atoms with Gasteiger partial charge < -0.3 is 24.8 Å². The minimum atomic E-state index is -3.01. The number of carbonyl (C=O) groups excluding carboxylic acids is 2. The number of hydrogen-bond acceptors (Lipinski definition) is 9. The third-order valence-corrected chi connectivity index (χ3v) is 8.43. The number of methoxy groups -OCH3 is 3. The predicted molar refractivity (Wildman–Crippen MR) is 132 cm³/mol. The number of nitrogens with zero attached hydrogens (tertiary/aromatic N) is 1. The Labute approximate surface area is 209 Å². The number of hydrogen-bond donors (Lipinski definition) is 2. The van der Waals surface area contributed by atoms with E-state index < -0.39 is 15.9 Å². The molecule has 12 heteroatoms. The van der Waals surface area contributed by atoms with Crippen molar-refractivity contribution in [2.45, 2.75) is 38.8 Å². The first-order chi connectivity index (χ1) is 16.6. The van der Waals surface area contributed by atoms with Crippen molar-refractivity contribution in [3.8, 4) is 17.2 Å². The first-order valence-corrected chi connectivity index (χ1v) is 13.9. The van der Waals surface area contributed by atoms with Crippen molar-refractivity contribution < 1.29 is 32.2 Å². The van der Waals surface area contributed by atoms with Crippen molar-refractivity contribution in [3.05, 3.63) is 33.8 Å². The van der Waals surface area contributed by atoms with Crippen LogP contribution in [0.15, 0.2) is 17.5 Å². The maximum absolute atomic E-state index is 13.1. The molecule has 1 aromatic carbocycles. The molecule has 35 heavy (non-hydrogen) atoms. The van der Waals surface area contributed by atoms with E-state index in [1.807, 2.05) is 13.8 Å². The highest BCUT2D eigenvalue weighted by atomic mass is 32.2. The van der Waals surface area contributed by atoms with E-state index in [1.165, 1.54) is 32.7 Å². The summed E-state index contributed by atoms with van der Waals surface area (Å²) in [5.41, 5.74) is 0.568. The molecule has 1 aromatic heterocycles. The molecular weight excluding hydrogens is 494 g/mol. The Morgan fingerprint density at radius 2 is 1.63 bits per heavy atom. The summed E-state index contributed by atoms with van der Waals surface area (Å²) in [4.78, 5) is 30.3. The number of thiazole rings is 1. The van der Waals surface area contributed by atoms with Crippen LogP contribution in [-0.2, 0) is 9.84 Å². The standard InChI is InChI=1S/C23H31N3O7S2/c1-13(2)19(26-21(27)14-10-17(31-3)20(33-5)18(11-14)32-4)23-25-16(12-34-23)22(28)24-15-6-8-35(29,30)9-7-15/h10-13,15,19H,6-9H2,1-5H3,(H,24,28)(H,26,27). The minimum absolute atomic E-state index is 0.00778. The molecule has 3 rings (SSSR count). The number of carbonyl (C=O) groups is 2. The van der Waals surface area contributed by atoms with E-state index in [2.05, 4.69) is 15.6 Å². The van der Waals surface area contributed by atoms with Gasteiger partial charge in [-0.15, -0.1) is 11.3 Å². The van der Waals surface area contributed by atoms with Gasteiger partial charge in [0.05, 0.1) is 38.9 Å². The average Bonchev–Trinajstić information content (AvgIpc) is 3.32. The summed E-state index contributed by atoms with van der Waals surface area (Å²) in [5.74, 6) is 0.543. The van der Waals surface area contributed by atoms with E-state index >= 15 is 0 Å². The Hall–Kier alpha value is -2.86. The Kier molecular flexibility index (Phi) is 8.60. The van der Waals surface area contributed by atoms with Crippen LogP contribution >= 0.6 is 11.3 Å². The first kappa shape index (κ1) is 26.7. The highest BCUT2D eigenvalue weighted by Gasteiger charge is 2.28. The van der Waals surface area contributed by atoms with E-state index in [1.54, 1.807) is 17.5 Å². The second kappa shape index (κ2) is 11.3. The molecule has 0 aliphatic carbocycles. The lowest BCUT2D eigenvalue weighted by molar-refractivity contribution is 0.0923. The molecule has 1 atom stereocenters. The topological polar surface area (TPSA) is 133 Å². The number of rotatable bonds is 9. The Balaban J connectivity index is 1.74. The van der Waals surface area contributed by atoms with Gasteiger partial charge in [0.2, 0.25) is 5.75 Å². The molecule has 1 aliphatic heterocycles. The van der Waals surface area contributed by atoms with Crippen molar-refractivity contribution in [1.29, 1.82) is 0 Å². The molecule has 2 aromatic rings. The molecule has 2 amide bonds. The lowest BCUT2D eigenvalue weighted by Crippen LogP contribution is -2.41. The van der Waals surface area contributed by atoms with Gasteiger partial charge in [-0.05, 0) is 30.9 Å². The Morgan fingerprint density at radius 3 is 2.14 bits per heavy atom. The molecule has 1 saturated heterocycles. The van der Waals surface area contributed by atoms with Crippen molar-refractivity contribution in [3.63, 3.8) is 0 Å². The SMILES string of the molecule is COc1cc(C(=O)NC(c2nc(C(=O)NC3CCS(=O)(=O)CC3)cs2)C(C)C)cc(OC)c1OC. The molecule has 1 aliphatic rings. The third-order valence-electron chi connectivity index (χ3n) is 5.79. The fraction of sp³-hybridized carbons (Fsp3) is 0.522. The minimum Gasteiger partial charge on any atom is -0.493 e. The lowest BCUT2D eigenvalue weighted by atomic mass is 10.0. The molecule has 0 spiro atoms. The Morgan fingerprint density at radius 1 is 1.03 bits per heavy atom. The van der Waals surface area contributed by atoms with E-state index in [0.717, 1.165) is 0 Å². The van der Waals surface area contributed by atoms with Crippen LogP contribution in [0.25, 0.3) is 0 Å². The zero-order chi connectivity index (χ0) is 25.8. The van der Waals surface area contributed by atoms with Crippen molar-refractivity contribution in [2.75, 3.05) is 32.8 Å². The molecule has 1 fully saturated rings. The number of sulfone groups is 1. The Bertz CT molecular complexity index is 1140.